The molecule has 3 fully saturated rings. The fourth-order valence-electron chi connectivity index (χ4n) is 6.32. The summed E-state index contributed by atoms with van der Waals surface area (Å²) in [5.74, 6) is -0.349. The van der Waals surface area contributed by atoms with Crippen LogP contribution >= 0.6 is 26.8 Å². The molecule has 17 heteroatoms. The van der Waals surface area contributed by atoms with Crippen molar-refractivity contribution >= 4 is 43.8 Å². The molecule has 212 valence electrons. The van der Waals surface area contributed by atoms with Crippen molar-refractivity contribution in [2.45, 2.75) is 70.6 Å². The second-order valence-corrected chi connectivity index (χ2v) is 15.6. The zero-order chi connectivity index (χ0) is 27.8. The Morgan fingerprint density at radius 3 is 2.53 bits per heavy atom. The van der Waals surface area contributed by atoms with Crippen molar-refractivity contribution < 1.29 is 43.3 Å². The van der Waals surface area contributed by atoms with Gasteiger partial charge in [0.1, 0.15) is 18.3 Å². The number of imidazole rings is 1. The summed E-state index contributed by atoms with van der Waals surface area (Å²) in [6.45, 7) is 6.19. The second kappa shape index (κ2) is 9.44. The summed E-state index contributed by atoms with van der Waals surface area (Å²) < 4.78 is 34.9. The van der Waals surface area contributed by atoms with Crippen LogP contribution in [-0.4, -0.2) is 81.3 Å². The number of aliphatic hydroxyl groups excluding tert-OH is 2. The fraction of sp³-hybridized carbons (Fsp3) is 0.762. The monoisotopic (exact) mass is 595 g/mol. The summed E-state index contributed by atoms with van der Waals surface area (Å²) in [5, 5.41) is 24.6. The van der Waals surface area contributed by atoms with Gasteiger partial charge in [0.25, 0.3) is 0 Å². The number of nitrogens with zero attached hydrogens (tertiary/aromatic N) is 4. The van der Waals surface area contributed by atoms with Crippen molar-refractivity contribution in [3.05, 3.63) is 11.6 Å². The molecule has 3 aliphatic rings. The molecule has 8 atom stereocenters. The third-order valence-electron chi connectivity index (χ3n) is 8.91. The number of nitrogens with one attached hydrogen (secondary N) is 1. The highest BCUT2D eigenvalue weighted by molar-refractivity contribution is 7.70. The van der Waals surface area contributed by atoms with E-state index in [1.807, 2.05) is 0 Å². The summed E-state index contributed by atoms with van der Waals surface area (Å²) in [7, 11) is -9.51. The number of aromatic nitrogens is 4. The van der Waals surface area contributed by atoms with Crippen molar-refractivity contribution in [2.24, 2.45) is 16.7 Å². The van der Waals surface area contributed by atoms with Gasteiger partial charge in [0.2, 0.25) is 5.28 Å². The highest BCUT2D eigenvalue weighted by atomic mass is 35.5. The van der Waals surface area contributed by atoms with Crippen LogP contribution in [0.5, 0.6) is 0 Å². The van der Waals surface area contributed by atoms with Crippen LogP contribution in [0.4, 0.5) is 5.82 Å². The summed E-state index contributed by atoms with van der Waals surface area (Å²) in [6.07, 6.45) is -0.903. The van der Waals surface area contributed by atoms with Crippen LogP contribution < -0.4 is 5.32 Å². The molecule has 38 heavy (non-hydrogen) atoms. The predicted molar refractivity (Wildman–Crippen MR) is 136 cm³/mol. The highest BCUT2D eigenvalue weighted by Crippen LogP contribution is 2.66. The molecule has 0 aromatic carbocycles. The van der Waals surface area contributed by atoms with Gasteiger partial charge in [0, 0.05) is 6.04 Å². The maximum atomic E-state index is 12.0. The Morgan fingerprint density at radius 2 is 1.92 bits per heavy atom. The Kier molecular flexibility index (Phi) is 7.04. The number of hydrogen-bond donors (Lipinski definition) is 6. The number of anilines is 1. The van der Waals surface area contributed by atoms with Crippen molar-refractivity contribution in [1.29, 1.82) is 0 Å². The van der Waals surface area contributed by atoms with Crippen molar-refractivity contribution in [3.63, 3.8) is 0 Å². The summed E-state index contributed by atoms with van der Waals surface area (Å²) in [5.41, 5.74) is 0.855. The lowest BCUT2D eigenvalue weighted by Crippen LogP contribution is -2.40. The molecule has 1 aliphatic heterocycles. The van der Waals surface area contributed by atoms with Gasteiger partial charge in [0.15, 0.2) is 29.1 Å². The Bertz CT molecular complexity index is 1340. The van der Waals surface area contributed by atoms with E-state index in [0.29, 0.717) is 17.3 Å². The van der Waals surface area contributed by atoms with Gasteiger partial charge in [-0.25, -0.2) is 4.98 Å². The SMILES string of the molecule is CC1(C)[C@@H]2CC[C@@]1(C)C(Nc1nc(Cl)nc3c1ncn3[C@@H]1O[C@H](COP(=O)(O)CP(=O)(O)O)C(O)C1O)C2. The smallest absolute Gasteiger partial charge is 0.340 e. The number of halogens is 1. The van der Waals surface area contributed by atoms with Gasteiger partial charge >= 0.3 is 15.2 Å². The average molecular weight is 596 g/mol. The lowest BCUT2D eigenvalue weighted by Gasteiger charge is -2.39. The van der Waals surface area contributed by atoms with Crippen LogP contribution in [0.3, 0.4) is 0 Å². The topological polar surface area (TPSA) is 209 Å². The van der Waals surface area contributed by atoms with Crippen molar-refractivity contribution in [2.75, 3.05) is 17.8 Å². The van der Waals surface area contributed by atoms with Gasteiger partial charge in [-0.15, -0.1) is 0 Å². The van der Waals surface area contributed by atoms with Gasteiger partial charge in [-0.1, -0.05) is 20.8 Å². The molecular formula is C21H32ClN5O9P2. The van der Waals surface area contributed by atoms with Gasteiger partial charge in [-0.3, -0.25) is 13.7 Å². The molecule has 2 aromatic rings. The zero-order valence-electron chi connectivity index (χ0n) is 21.0. The van der Waals surface area contributed by atoms with Crippen LogP contribution in [0.25, 0.3) is 11.2 Å². The first kappa shape index (κ1) is 28.4. The standard InChI is InChI=1S/C21H32ClN5O9P2/c1-20(2)10-4-5-21(20,3)12(6-10)24-16-13-17(26-19(22)25-16)27(8-23-13)18-15(29)14(28)11(36-18)7-35-38(33,34)9-37(30,31)32/h8,10-12,14-15,18,28-29H,4-7,9H2,1-3H3,(H,33,34)(H,24,25,26)(H2,30,31,32)/t10-,11-,12?,14?,15?,18-,21+/m1/s1. The van der Waals surface area contributed by atoms with E-state index in [9.17, 15) is 24.2 Å². The molecule has 0 amide bonds. The van der Waals surface area contributed by atoms with Crippen LogP contribution in [0.1, 0.15) is 46.3 Å². The molecule has 2 aliphatic carbocycles. The maximum absolute atomic E-state index is 12.0. The molecule has 0 radical (unpaired) electrons. The Morgan fingerprint density at radius 1 is 1.21 bits per heavy atom. The van der Waals surface area contributed by atoms with E-state index in [-0.39, 0.29) is 27.8 Å². The van der Waals surface area contributed by atoms with Crippen molar-refractivity contribution in [1.82, 2.24) is 19.5 Å². The summed E-state index contributed by atoms with van der Waals surface area (Å²) in [6, 6.07) is 0.148. The molecular weight excluding hydrogens is 564 g/mol. The largest absolute Gasteiger partial charge is 0.387 e. The van der Waals surface area contributed by atoms with E-state index in [2.05, 4.69) is 41.0 Å². The summed E-state index contributed by atoms with van der Waals surface area (Å²) in [4.78, 5) is 40.7. The van der Waals surface area contributed by atoms with Gasteiger partial charge in [-0.05, 0) is 47.6 Å². The highest BCUT2D eigenvalue weighted by Gasteiger charge is 2.61. The van der Waals surface area contributed by atoms with Crippen LogP contribution in [-0.2, 0) is 18.4 Å². The van der Waals surface area contributed by atoms with E-state index in [1.54, 1.807) is 0 Å². The molecule has 2 saturated carbocycles. The Hall–Kier alpha value is -1.18. The minimum absolute atomic E-state index is 0.0536. The number of fused-ring (bicyclic) bond motifs is 3. The normalized spacial score (nSPS) is 36.1. The molecule has 2 bridgehead atoms. The first-order valence-electron chi connectivity index (χ1n) is 12.2. The number of aliphatic hydroxyl groups is 2. The molecule has 6 N–H and O–H groups in total. The van der Waals surface area contributed by atoms with Gasteiger partial charge < -0.3 is 39.5 Å². The molecule has 1 saturated heterocycles. The molecule has 14 nitrogen and oxygen atoms in total. The lowest BCUT2D eigenvalue weighted by atomic mass is 9.69. The van der Waals surface area contributed by atoms with E-state index in [1.165, 1.54) is 17.3 Å². The maximum Gasteiger partial charge on any atom is 0.340 e. The van der Waals surface area contributed by atoms with Gasteiger partial charge in [0.05, 0.1) is 12.9 Å². The number of ether oxygens (including phenoxy) is 1. The lowest BCUT2D eigenvalue weighted by molar-refractivity contribution is -0.0483. The third kappa shape index (κ3) is 4.83. The fourth-order valence-corrected chi connectivity index (χ4v) is 9.06. The van der Waals surface area contributed by atoms with Crippen LogP contribution in [0.2, 0.25) is 5.28 Å². The van der Waals surface area contributed by atoms with E-state index < -0.39 is 52.2 Å². The quantitative estimate of drug-likeness (QED) is 0.191. The van der Waals surface area contributed by atoms with E-state index >= 15 is 0 Å². The minimum Gasteiger partial charge on any atom is -0.387 e. The first-order chi connectivity index (χ1) is 17.5. The Balaban J connectivity index is 1.37. The molecule has 2 aromatic heterocycles. The minimum atomic E-state index is -4.83. The third-order valence-corrected chi connectivity index (χ3v) is 12.5. The second-order valence-electron chi connectivity index (χ2n) is 11.3. The predicted octanol–water partition coefficient (Wildman–Crippen LogP) is 2.06. The van der Waals surface area contributed by atoms with Crippen LogP contribution in [0, 0.1) is 16.7 Å². The van der Waals surface area contributed by atoms with E-state index in [4.69, 9.17) is 30.6 Å². The summed E-state index contributed by atoms with van der Waals surface area (Å²) >= 11 is 6.26. The van der Waals surface area contributed by atoms with Crippen molar-refractivity contribution in [3.8, 4) is 0 Å². The molecule has 5 rings (SSSR count). The van der Waals surface area contributed by atoms with Crippen LogP contribution in [0.15, 0.2) is 6.33 Å². The molecule has 0 spiro atoms. The molecule has 4 unspecified atom stereocenters. The van der Waals surface area contributed by atoms with E-state index in [0.717, 1.165) is 12.8 Å². The van der Waals surface area contributed by atoms with Gasteiger partial charge in [-0.2, -0.15) is 9.97 Å². The number of rotatable bonds is 8. The average Bonchev–Trinajstić information content (AvgIpc) is 3.44. The first-order valence-corrected chi connectivity index (χ1v) is 16.2. The zero-order valence-corrected chi connectivity index (χ0v) is 23.6. The molecule has 3 heterocycles. The number of hydrogen-bond acceptors (Lipinski definition) is 10. The Labute approximate surface area is 223 Å².